The fourth-order valence-corrected chi connectivity index (χ4v) is 7.49. The van der Waals surface area contributed by atoms with Crippen LogP contribution in [0.1, 0.15) is 56.5 Å². The van der Waals surface area contributed by atoms with E-state index in [9.17, 15) is 28.8 Å². The molecule has 1 aromatic heterocycles. The summed E-state index contributed by atoms with van der Waals surface area (Å²) in [5.74, 6) is -5.55. The SMILES string of the molecule is NC(=O)[C@@H]1CN(C(=O)c2ccc(C(=O)N3C[C@@H](C(=O)N[C@H]4C[C@@H]4c4ccccc4)[C@H](C(=O)N[C@@H]4C[C@H]4c4cccnc4)C3)cc2)C[C@H]1C(N)=O. The fraction of sp³-hybridized carbons (Fsp3) is 0.378. The van der Waals surface area contributed by atoms with Crippen LogP contribution in [-0.4, -0.2) is 88.5 Å². The molecule has 0 radical (unpaired) electrons. The zero-order valence-corrected chi connectivity index (χ0v) is 27.3. The van der Waals surface area contributed by atoms with Crippen molar-refractivity contribution >= 4 is 35.4 Å². The molecule has 6 N–H and O–H groups in total. The molecule has 2 aromatic carbocycles. The van der Waals surface area contributed by atoms with Crippen molar-refractivity contribution in [3.05, 3.63) is 101 Å². The monoisotopic (exact) mass is 677 g/mol. The lowest BCUT2D eigenvalue weighted by Gasteiger charge is -2.18. The normalized spacial score (nSPS) is 28.1. The predicted octanol–water partition coefficient (Wildman–Crippen LogP) is 0.773. The molecule has 3 heterocycles. The molecule has 7 rings (SSSR count). The van der Waals surface area contributed by atoms with Crippen LogP contribution in [0.4, 0.5) is 0 Å². The van der Waals surface area contributed by atoms with E-state index >= 15 is 0 Å². The van der Waals surface area contributed by atoms with Gasteiger partial charge in [0.05, 0.1) is 23.7 Å². The van der Waals surface area contributed by atoms with Gasteiger partial charge in [0.2, 0.25) is 23.6 Å². The van der Waals surface area contributed by atoms with Gasteiger partial charge in [-0.05, 0) is 54.3 Å². The lowest BCUT2D eigenvalue weighted by Crippen LogP contribution is -2.43. The lowest BCUT2D eigenvalue weighted by molar-refractivity contribution is -0.133. The van der Waals surface area contributed by atoms with Gasteiger partial charge in [-0.2, -0.15) is 0 Å². The second-order valence-electron chi connectivity index (χ2n) is 13.8. The third-order valence-corrected chi connectivity index (χ3v) is 10.6. The minimum atomic E-state index is -0.868. The third kappa shape index (κ3) is 6.67. The number of aromatic nitrogens is 1. The van der Waals surface area contributed by atoms with Crippen LogP contribution >= 0.6 is 0 Å². The molecule has 13 heteroatoms. The smallest absolute Gasteiger partial charge is 0.253 e. The van der Waals surface area contributed by atoms with Crippen LogP contribution in [0.25, 0.3) is 0 Å². The van der Waals surface area contributed by atoms with Crippen molar-refractivity contribution in [1.82, 2.24) is 25.4 Å². The van der Waals surface area contributed by atoms with Crippen LogP contribution in [0.3, 0.4) is 0 Å². The molecular formula is C37H39N7O6. The Labute approximate surface area is 288 Å². The maximum atomic E-state index is 13.8. The molecule has 6 amide bonds. The Bertz CT molecular complexity index is 1720. The minimum absolute atomic E-state index is 0.0278. The van der Waals surface area contributed by atoms with E-state index in [-0.39, 0.29) is 73.4 Å². The molecular weight excluding hydrogens is 638 g/mol. The highest BCUT2D eigenvalue weighted by atomic mass is 16.2. The van der Waals surface area contributed by atoms with E-state index in [1.807, 2.05) is 42.5 Å². The topological polar surface area (TPSA) is 198 Å². The van der Waals surface area contributed by atoms with E-state index in [0.717, 1.165) is 24.0 Å². The Kier molecular flexibility index (Phi) is 8.81. The standard InChI is InChI=1S/C37H39N7O6/c38-32(45)26-16-43(17-27(26)33(39)46)36(49)21-8-10-22(11-9-21)37(50)44-18-28(34(47)41-30-13-24(30)20-5-2-1-3-6-20)29(19-44)35(48)42-31-14-25(31)23-7-4-12-40-15-23/h1-12,15,24-31H,13-14,16-19H2,(H2,38,45)(H2,39,46)(H,41,47)(H,42,48)/t24-,25+,26-,27-,28-,29-,30+,31-/m1/s1. The van der Waals surface area contributed by atoms with Crippen molar-refractivity contribution in [2.45, 2.75) is 36.8 Å². The molecule has 0 spiro atoms. The van der Waals surface area contributed by atoms with E-state index < -0.39 is 41.4 Å². The zero-order valence-electron chi connectivity index (χ0n) is 27.3. The van der Waals surface area contributed by atoms with Crippen LogP contribution < -0.4 is 22.1 Å². The minimum Gasteiger partial charge on any atom is -0.369 e. The Morgan fingerprint density at radius 2 is 1.02 bits per heavy atom. The predicted molar refractivity (Wildman–Crippen MR) is 180 cm³/mol. The van der Waals surface area contributed by atoms with Crippen molar-refractivity contribution < 1.29 is 28.8 Å². The van der Waals surface area contributed by atoms with Gasteiger partial charge in [-0.15, -0.1) is 0 Å². The van der Waals surface area contributed by atoms with Crippen LogP contribution in [0.5, 0.6) is 0 Å². The molecule has 50 heavy (non-hydrogen) atoms. The molecule has 2 aliphatic carbocycles. The molecule has 2 saturated heterocycles. The van der Waals surface area contributed by atoms with Gasteiger partial charge in [0.15, 0.2) is 0 Å². The number of nitrogens with two attached hydrogens (primary N) is 2. The van der Waals surface area contributed by atoms with Crippen molar-refractivity contribution in [1.29, 1.82) is 0 Å². The van der Waals surface area contributed by atoms with Gasteiger partial charge in [-0.1, -0.05) is 36.4 Å². The number of primary amides is 2. The Balaban J connectivity index is 1.03. The summed E-state index contributed by atoms with van der Waals surface area (Å²) in [6, 6.07) is 19.7. The summed E-state index contributed by atoms with van der Waals surface area (Å²) in [4.78, 5) is 85.1. The summed E-state index contributed by atoms with van der Waals surface area (Å²) in [6.07, 6.45) is 5.09. The maximum absolute atomic E-state index is 13.8. The van der Waals surface area contributed by atoms with Gasteiger partial charge in [0, 0.05) is 73.6 Å². The summed E-state index contributed by atoms with van der Waals surface area (Å²) in [7, 11) is 0. The number of nitrogens with zero attached hydrogens (tertiary/aromatic N) is 3. The molecule has 4 fully saturated rings. The molecule has 2 aliphatic heterocycles. The highest BCUT2D eigenvalue weighted by Crippen LogP contribution is 2.42. The van der Waals surface area contributed by atoms with Crippen molar-refractivity contribution in [2.75, 3.05) is 26.2 Å². The number of likely N-dealkylation sites (tertiary alicyclic amines) is 2. The number of hydrogen-bond donors (Lipinski definition) is 4. The van der Waals surface area contributed by atoms with Crippen LogP contribution in [0.15, 0.2) is 79.1 Å². The molecule has 2 saturated carbocycles. The van der Waals surface area contributed by atoms with E-state index in [4.69, 9.17) is 11.5 Å². The Morgan fingerprint density at radius 3 is 1.46 bits per heavy atom. The second kappa shape index (κ2) is 13.4. The number of rotatable bonds is 10. The number of nitrogens with one attached hydrogen (secondary N) is 2. The summed E-state index contributed by atoms with van der Waals surface area (Å²) in [5.41, 5.74) is 13.6. The van der Waals surface area contributed by atoms with E-state index in [0.29, 0.717) is 5.56 Å². The zero-order chi connectivity index (χ0) is 35.1. The molecule has 3 aromatic rings. The molecule has 13 nitrogen and oxygen atoms in total. The lowest BCUT2D eigenvalue weighted by atomic mass is 9.94. The first-order chi connectivity index (χ1) is 24.1. The number of carbonyl (C=O) groups excluding carboxylic acids is 6. The molecule has 0 unspecified atom stereocenters. The quantitative estimate of drug-likeness (QED) is 0.243. The van der Waals surface area contributed by atoms with Crippen LogP contribution in [0.2, 0.25) is 0 Å². The third-order valence-electron chi connectivity index (χ3n) is 10.6. The Morgan fingerprint density at radius 1 is 0.580 bits per heavy atom. The second-order valence-corrected chi connectivity index (χ2v) is 13.8. The summed E-state index contributed by atoms with van der Waals surface area (Å²) < 4.78 is 0. The van der Waals surface area contributed by atoms with Crippen LogP contribution in [0, 0.1) is 23.7 Å². The molecule has 8 atom stereocenters. The van der Waals surface area contributed by atoms with E-state index in [1.54, 1.807) is 12.4 Å². The average Bonchev–Trinajstić information content (AvgIpc) is 3.96. The van der Waals surface area contributed by atoms with Crippen molar-refractivity contribution in [3.63, 3.8) is 0 Å². The molecule has 258 valence electrons. The first kappa shape index (κ1) is 32.9. The first-order valence-electron chi connectivity index (χ1n) is 16.9. The molecule has 4 aliphatic rings. The van der Waals surface area contributed by atoms with Crippen molar-refractivity contribution in [2.24, 2.45) is 35.1 Å². The van der Waals surface area contributed by atoms with Gasteiger partial charge >= 0.3 is 0 Å². The average molecular weight is 678 g/mol. The first-order valence-corrected chi connectivity index (χ1v) is 16.9. The largest absolute Gasteiger partial charge is 0.369 e. The number of carbonyl (C=O) groups is 6. The van der Waals surface area contributed by atoms with Gasteiger partial charge in [-0.25, -0.2) is 0 Å². The number of benzene rings is 2. The highest BCUT2D eigenvalue weighted by Gasteiger charge is 2.49. The highest BCUT2D eigenvalue weighted by molar-refractivity contribution is 6.00. The van der Waals surface area contributed by atoms with Crippen LogP contribution in [-0.2, 0) is 19.2 Å². The summed E-state index contributed by atoms with van der Waals surface area (Å²) >= 11 is 0. The summed E-state index contributed by atoms with van der Waals surface area (Å²) in [5, 5.41) is 6.25. The summed E-state index contributed by atoms with van der Waals surface area (Å²) in [6.45, 7) is 0.0802. The number of amides is 6. The molecule has 0 bridgehead atoms. The number of hydrogen-bond acceptors (Lipinski definition) is 7. The van der Waals surface area contributed by atoms with E-state index in [1.165, 1.54) is 34.1 Å². The van der Waals surface area contributed by atoms with Gasteiger partial charge in [0.1, 0.15) is 0 Å². The van der Waals surface area contributed by atoms with Gasteiger partial charge < -0.3 is 31.9 Å². The van der Waals surface area contributed by atoms with E-state index in [2.05, 4.69) is 15.6 Å². The van der Waals surface area contributed by atoms with Gasteiger partial charge in [0.25, 0.3) is 11.8 Å². The Hall–Kier alpha value is -5.59. The fourth-order valence-electron chi connectivity index (χ4n) is 7.49. The van der Waals surface area contributed by atoms with Gasteiger partial charge in [-0.3, -0.25) is 33.8 Å². The van der Waals surface area contributed by atoms with Crippen molar-refractivity contribution in [3.8, 4) is 0 Å². The maximum Gasteiger partial charge on any atom is 0.253 e. The number of pyridine rings is 1.